The molecule has 0 aliphatic heterocycles. The van der Waals surface area contributed by atoms with Gasteiger partial charge >= 0.3 is 5.97 Å². The van der Waals surface area contributed by atoms with Crippen LogP contribution in [0.2, 0.25) is 0 Å². The van der Waals surface area contributed by atoms with Gasteiger partial charge < -0.3 is 15.2 Å². The number of carboxylic acids is 1. The maximum absolute atomic E-state index is 12.1. The Hall–Kier alpha value is -2.41. The summed E-state index contributed by atoms with van der Waals surface area (Å²) in [4.78, 5) is 26.6. The van der Waals surface area contributed by atoms with Crippen LogP contribution in [0.1, 0.15) is 20.8 Å². The summed E-state index contributed by atoms with van der Waals surface area (Å²) < 4.78 is 5.78. The van der Waals surface area contributed by atoms with Gasteiger partial charge in [-0.2, -0.15) is 0 Å². The van der Waals surface area contributed by atoms with E-state index in [0.717, 1.165) is 6.20 Å². The highest BCUT2D eigenvalue weighted by molar-refractivity contribution is 9.10. The number of hydrogen-bond donors (Lipinski definition) is 2. The number of anilines is 1. The first-order valence-electron chi connectivity index (χ1n) is 5.85. The summed E-state index contributed by atoms with van der Waals surface area (Å²) in [6, 6.07) is 7.83. The molecule has 7 heteroatoms. The maximum Gasteiger partial charge on any atom is 0.337 e. The Morgan fingerprint density at radius 1 is 1.29 bits per heavy atom. The van der Waals surface area contributed by atoms with Crippen LogP contribution in [-0.4, -0.2) is 29.1 Å². The number of benzene rings is 1. The van der Waals surface area contributed by atoms with Crippen molar-refractivity contribution in [2.24, 2.45) is 0 Å². The minimum absolute atomic E-state index is 0.0223. The fraction of sp³-hybridized carbons (Fsp3) is 0.0714. The predicted octanol–water partition coefficient (Wildman–Crippen LogP) is 2.80. The van der Waals surface area contributed by atoms with E-state index in [9.17, 15) is 9.59 Å². The van der Waals surface area contributed by atoms with Crippen LogP contribution in [0, 0.1) is 0 Å². The number of aromatic nitrogens is 1. The molecule has 108 valence electrons. The maximum atomic E-state index is 12.1. The Labute approximate surface area is 128 Å². The van der Waals surface area contributed by atoms with Crippen LogP contribution >= 0.6 is 15.9 Å². The van der Waals surface area contributed by atoms with Crippen LogP contribution in [0.3, 0.4) is 0 Å². The lowest BCUT2D eigenvalue weighted by molar-refractivity contribution is 0.0696. The van der Waals surface area contributed by atoms with Crippen LogP contribution in [0.4, 0.5) is 5.69 Å². The van der Waals surface area contributed by atoms with E-state index in [1.165, 1.54) is 19.2 Å². The van der Waals surface area contributed by atoms with Gasteiger partial charge in [0.2, 0.25) is 0 Å². The lowest BCUT2D eigenvalue weighted by atomic mass is 10.2. The average Bonchev–Trinajstić information content (AvgIpc) is 2.49. The molecular formula is C14H11BrN2O4. The first kappa shape index (κ1) is 15.0. The number of rotatable bonds is 4. The Bertz CT molecular complexity index is 686. The minimum Gasteiger partial charge on any atom is -0.497 e. The second-order valence-corrected chi connectivity index (χ2v) is 4.89. The summed E-state index contributed by atoms with van der Waals surface area (Å²) >= 11 is 3.32. The first-order chi connectivity index (χ1) is 10.0. The second-order valence-electron chi connectivity index (χ2n) is 4.04. The molecule has 0 aliphatic carbocycles. The van der Waals surface area contributed by atoms with Crippen molar-refractivity contribution in [2.45, 2.75) is 0 Å². The summed E-state index contributed by atoms with van der Waals surface area (Å²) in [5.41, 5.74) is 0.673. The highest BCUT2D eigenvalue weighted by Gasteiger charge is 2.12. The van der Waals surface area contributed by atoms with E-state index in [0.29, 0.717) is 15.9 Å². The molecule has 1 aromatic heterocycles. The van der Waals surface area contributed by atoms with Gasteiger partial charge in [0.05, 0.1) is 18.4 Å². The van der Waals surface area contributed by atoms with E-state index < -0.39 is 11.9 Å². The van der Waals surface area contributed by atoms with Crippen molar-refractivity contribution >= 4 is 33.5 Å². The van der Waals surface area contributed by atoms with Gasteiger partial charge in [-0.15, -0.1) is 0 Å². The van der Waals surface area contributed by atoms with Crippen LogP contribution < -0.4 is 10.1 Å². The molecule has 0 unspecified atom stereocenters. The molecular weight excluding hydrogens is 340 g/mol. The van der Waals surface area contributed by atoms with Crippen LogP contribution in [-0.2, 0) is 0 Å². The van der Waals surface area contributed by atoms with Crippen molar-refractivity contribution in [1.82, 2.24) is 4.98 Å². The predicted molar refractivity (Wildman–Crippen MR) is 79.8 cm³/mol. The molecule has 1 aromatic carbocycles. The van der Waals surface area contributed by atoms with Gasteiger partial charge in [0, 0.05) is 16.7 Å². The summed E-state index contributed by atoms with van der Waals surface area (Å²) in [7, 11) is 1.53. The van der Waals surface area contributed by atoms with Gasteiger partial charge in [-0.3, -0.25) is 9.78 Å². The van der Waals surface area contributed by atoms with Crippen LogP contribution in [0.15, 0.2) is 41.0 Å². The first-order valence-corrected chi connectivity index (χ1v) is 6.65. The number of aromatic carboxylic acids is 1. The van der Waals surface area contributed by atoms with Crippen molar-refractivity contribution in [2.75, 3.05) is 12.4 Å². The number of pyridine rings is 1. The fourth-order valence-corrected chi connectivity index (χ4v) is 1.91. The fourth-order valence-electron chi connectivity index (χ4n) is 1.57. The topological polar surface area (TPSA) is 88.5 Å². The van der Waals surface area contributed by atoms with Crippen LogP contribution in [0.5, 0.6) is 5.75 Å². The molecule has 0 saturated carbocycles. The molecule has 0 bridgehead atoms. The van der Waals surface area contributed by atoms with Gasteiger partial charge in [-0.1, -0.05) is 0 Å². The molecule has 1 heterocycles. The quantitative estimate of drug-likeness (QED) is 0.884. The van der Waals surface area contributed by atoms with Crippen LogP contribution in [0.25, 0.3) is 0 Å². The average molecular weight is 351 g/mol. The molecule has 0 fully saturated rings. The highest BCUT2D eigenvalue weighted by atomic mass is 79.9. The number of carboxylic acid groups (broad SMARTS) is 1. The van der Waals surface area contributed by atoms with E-state index in [4.69, 9.17) is 9.84 Å². The van der Waals surface area contributed by atoms with Crippen molar-refractivity contribution in [3.8, 4) is 5.75 Å². The number of hydrogen-bond acceptors (Lipinski definition) is 4. The van der Waals surface area contributed by atoms with Gasteiger partial charge in [0.25, 0.3) is 5.91 Å². The summed E-state index contributed by atoms with van der Waals surface area (Å²) in [5.74, 6) is -0.937. The Kier molecular flexibility index (Phi) is 4.54. The third-order valence-electron chi connectivity index (χ3n) is 2.66. The SMILES string of the molecule is COc1ccc(Br)c(NC(=O)c2ccc(C(=O)O)cn2)c1. The summed E-state index contributed by atoms with van der Waals surface area (Å²) in [5, 5.41) is 11.5. The Morgan fingerprint density at radius 3 is 2.62 bits per heavy atom. The van der Waals surface area contributed by atoms with Crippen molar-refractivity contribution in [3.63, 3.8) is 0 Å². The van der Waals surface area contributed by atoms with Crippen molar-refractivity contribution in [1.29, 1.82) is 0 Å². The van der Waals surface area contributed by atoms with Gasteiger partial charge in [-0.25, -0.2) is 4.79 Å². The second kappa shape index (κ2) is 6.36. The molecule has 0 spiro atoms. The minimum atomic E-state index is -1.09. The Morgan fingerprint density at radius 2 is 2.05 bits per heavy atom. The van der Waals surface area contributed by atoms with Gasteiger partial charge in [0.15, 0.2) is 0 Å². The summed E-state index contributed by atoms with van der Waals surface area (Å²) in [6.07, 6.45) is 1.14. The smallest absolute Gasteiger partial charge is 0.337 e. The van der Waals surface area contributed by atoms with Gasteiger partial charge in [-0.05, 0) is 40.2 Å². The lowest BCUT2D eigenvalue weighted by Crippen LogP contribution is -2.14. The molecule has 1 amide bonds. The molecule has 2 rings (SSSR count). The zero-order valence-corrected chi connectivity index (χ0v) is 12.5. The molecule has 21 heavy (non-hydrogen) atoms. The molecule has 2 N–H and O–H groups in total. The summed E-state index contributed by atoms with van der Waals surface area (Å²) in [6.45, 7) is 0. The Balaban J connectivity index is 2.19. The van der Waals surface area contributed by atoms with E-state index in [-0.39, 0.29) is 11.3 Å². The number of carbonyl (C=O) groups is 2. The van der Waals surface area contributed by atoms with Crippen molar-refractivity contribution < 1.29 is 19.4 Å². The van der Waals surface area contributed by atoms with Gasteiger partial charge in [0.1, 0.15) is 11.4 Å². The number of ether oxygens (including phenoxy) is 1. The molecule has 2 aromatic rings. The van der Waals surface area contributed by atoms with E-state index in [1.54, 1.807) is 18.2 Å². The number of halogens is 1. The number of amides is 1. The van der Waals surface area contributed by atoms with E-state index in [1.807, 2.05) is 0 Å². The number of methoxy groups -OCH3 is 1. The molecule has 0 atom stereocenters. The third kappa shape index (κ3) is 3.57. The van der Waals surface area contributed by atoms with Crippen molar-refractivity contribution in [3.05, 3.63) is 52.3 Å². The molecule has 0 aliphatic rings. The third-order valence-corrected chi connectivity index (χ3v) is 3.36. The number of carbonyl (C=O) groups excluding carboxylic acids is 1. The lowest BCUT2D eigenvalue weighted by Gasteiger charge is -2.09. The zero-order valence-electron chi connectivity index (χ0n) is 11.0. The molecule has 0 saturated heterocycles. The largest absolute Gasteiger partial charge is 0.497 e. The molecule has 6 nitrogen and oxygen atoms in total. The normalized spacial score (nSPS) is 10.0. The highest BCUT2D eigenvalue weighted by Crippen LogP contribution is 2.27. The monoisotopic (exact) mass is 350 g/mol. The molecule has 0 radical (unpaired) electrons. The van der Waals surface area contributed by atoms with E-state index >= 15 is 0 Å². The standard InChI is InChI=1S/C14H11BrN2O4/c1-21-9-3-4-10(15)12(6-9)17-13(18)11-5-2-8(7-16-11)14(19)20/h2-7H,1H3,(H,17,18)(H,19,20). The number of nitrogens with one attached hydrogen (secondary N) is 1. The van der Waals surface area contributed by atoms with E-state index in [2.05, 4.69) is 26.2 Å². The zero-order chi connectivity index (χ0) is 15.4. The number of nitrogens with zero attached hydrogens (tertiary/aromatic N) is 1.